The molecule has 12 bridgehead atoms. The Bertz CT molecular complexity index is 2400. The number of hydrogen-bond acceptors (Lipinski definition) is 1. The summed E-state index contributed by atoms with van der Waals surface area (Å²) in [5, 5.41) is 0. The van der Waals surface area contributed by atoms with Gasteiger partial charge in [-0.25, -0.2) is 14.1 Å². The molecule has 0 radical (unpaired) electrons. The van der Waals surface area contributed by atoms with Crippen molar-refractivity contribution >= 4 is 31.2 Å². The Labute approximate surface area is 366 Å². The van der Waals surface area contributed by atoms with Gasteiger partial charge >= 0.3 is 132 Å². The van der Waals surface area contributed by atoms with Crippen LogP contribution in [0, 0.1) is 0 Å². The van der Waals surface area contributed by atoms with Gasteiger partial charge in [-0.15, -0.1) is 0 Å². The minimum absolute atomic E-state index is 0.735. The second-order valence-corrected chi connectivity index (χ2v) is 22.0. The molecule has 13 heterocycles. The van der Waals surface area contributed by atoms with Crippen molar-refractivity contribution < 1.29 is 119 Å². The summed E-state index contributed by atoms with van der Waals surface area (Å²) in [5.41, 5.74) is 9.52. The molecule has 0 amide bonds. The van der Waals surface area contributed by atoms with Crippen LogP contribution < -0.4 is 18.3 Å². The van der Waals surface area contributed by atoms with Gasteiger partial charge in [-0.2, -0.15) is 9.13 Å². The quantitative estimate of drug-likeness (QED) is 0.0845. The van der Waals surface area contributed by atoms with Gasteiger partial charge in [-0.3, -0.25) is 0 Å². The Morgan fingerprint density at radius 1 is 0.265 bits per heavy atom. The first-order chi connectivity index (χ1) is 29.5. The zero-order valence-corrected chi connectivity index (χ0v) is 36.8. The molecule has 0 N–H and O–H groups in total. The topological polar surface area (TPSA) is 28.4 Å². The monoisotopic (exact) mass is 1100 g/mol. The third kappa shape index (κ3) is 35.2. The average molecular weight is 1100 g/mol. The summed E-state index contributed by atoms with van der Waals surface area (Å²) in [6.45, 7) is 3.17. The molecule has 0 unspecified atom stereocenters. The number of pyridine rings is 5. The van der Waals surface area contributed by atoms with Gasteiger partial charge in [0.05, 0.1) is 0 Å². The van der Waals surface area contributed by atoms with E-state index < -0.39 is 31.2 Å². The number of rotatable bonds is 0. The molecule has 1 aromatic carbocycles. The molecule has 0 saturated heterocycles. The fraction of sp³-hybridized carbons (Fsp3) is 0.114. The van der Waals surface area contributed by atoms with Crippen LogP contribution in [0.3, 0.4) is 0 Å². The fourth-order valence-corrected chi connectivity index (χ4v) is 5.27. The van der Waals surface area contributed by atoms with Gasteiger partial charge in [0.15, 0.2) is 75.8 Å². The standard InChI is InChI=1S/C35H31N5.4F6P/c1-2-34-26-39-20-12-32(13-21-39)30-8-16-37(17-9-30)24-28-4-6-29(7-5-28)25-38-18-10-31(11-19-38)33-14-22-40(23-15-33)27-35(3-1)36-34;4*1-7(2,3,4,5)6/h1-23H,24-27H2;;;;/q+4;4*-1. The van der Waals surface area contributed by atoms with E-state index in [1.54, 1.807) is 0 Å². The summed E-state index contributed by atoms with van der Waals surface area (Å²) >= 11 is 0. The summed E-state index contributed by atoms with van der Waals surface area (Å²) in [6.07, 6.45) is 17.2. The first kappa shape index (κ1) is 57.3. The van der Waals surface area contributed by atoms with E-state index in [0.717, 1.165) is 37.6 Å². The van der Waals surface area contributed by atoms with Gasteiger partial charge in [-0.1, -0.05) is 30.3 Å². The Morgan fingerprint density at radius 3 is 0.632 bits per heavy atom. The van der Waals surface area contributed by atoms with Crippen LogP contribution >= 0.6 is 31.2 Å². The molecule has 8 aliphatic rings. The van der Waals surface area contributed by atoms with E-state index in [4.69, 9.17) is 4.98 Å². The van der Waals surface area contributed by atoms with Crippen LogP contribution in [0.15, 0.2) is 141 Å². The largest absolute Gasteiger partial charge is 0.244 e. The molecule has 0 saturated carbocycles. The SMILES string of the molecule is F[P-](F)(F)(F)(F)F.F[P-](F)(F)(F)(F)F.F[P-](F)(F)(F)(F)F.F[P-](F)(F)(F)(F)F.c1cc2nc(c1)C[n+]1ccc(cc1)-c1cc[n+](cc1)Cc1ccc(cc1)C[n+]1ccc(cc1)-c1cc[n+](cc1)C2. The molecule has 5 aromatic heterocycles. The van der Waals surface area contributed by atoms with Gasteiger partial charge in [0.1, 0.15) is 11.4 Å². The molecule has 6 aromatic rings. The first-order valence-corrected chi connectivity index (χ1v) is 25.9. The van der Waals surface area contributed by atoms with E-state index in [-0.39, 0.29) is 0 Å². The van der Waals surface area contributed by atoms with E-state index >= 15 is 0 Å². The Hall–Kier alpha value is -4.99. The van der Waals surface area contributed by atoms with Crippen molar-refractivity contribution in [2.45, 2.75) is 26.2 Å². The zero-order chi connectivity index (χ0) is 52.4. The molecule has 384 valence electrons. The van der Waals surface area contributed by atoms with Gasteiger partial charge in [0.2, 0.25) is 0 Å². The zero-order valence-electron chi connectivity index (χ0n) is 33.2. The van der Waals surface area contributed by atoms with Gasteiger partial charge in [0.25, 0.3) is 0 Å². The van der Waals surface area contributed by atoms with Crippen LogP contribution in [-0.2, 0) is 26.2 Å². The maximum absolute atomic E-state index is 10.7. The van der Waals surface area contributed by atoms with Crippen molar-refractivity contribution in [1.82, 2.24) is 4.98 Å². The van der Waals surface area contributed by atoms with Gasteiger partial charge in [-0.05, 0) is 34.4 Å². The smallest absolute Gasteiger partial charge is 0.190 e. The molecular weight excluding hydrogens is 1070 g/mol. The van der Waals surface area contributed by atoms with Gasteiger partial charge in [0, 0.05) is 59.7 Å². The molecule has 0 atom stereocenters. The predicted molar refractivity (Wildman–Crippen MR) is 206 cm³/mol. The third-order valence-electron chi connectivity index (χ3n) is 7.54. The molecule has 68 heavy (non-hydrogen) atoms. The molecule has 8 aliphatic heterocycles. The minimum atomic E-state index is -10.7. The summed E-state index contributed by atoms with van der Waals surface area (Å²) in [6, 6.07) is 32.7. The number of hydrogen-bond donors (Lipinski definition) is 0. The molecule has 5 nitrogen and oxygen atoms in total. The van der Waals surface area contributed by atoms with Crippen LogP contribution in [0.4, 0.5) is 101 Å². The normalized spacial score (nSPS) is 16.9. The molecule has 0 fully saturated rings. The summed E-state index contributed by atoms with van der Waals surface area (Å²) < 4.78 is 246. The van der Waals surface area contributed by atoms with E-state index in [0.29, 0.717) is 0 Å². The van der Waals surface area contributed by atoms with Crippen LogP contribution in [0.5, 0.6) is 0 Å². The molecule has 0 spiro atoms. The maximum atomic E-state index is 9.87. The summed E-state index contributed by atoms with van der Waals surface area (Å²) in [5.74, 6) is 0. The Morgan fingerprint density at radius 2 is 0.441 bits per heavy atom. The van der Waals surface area contributed by atoms with Crippen molar-refractivity contribution in [1.29, 1.82) is 0 Å². The van der Waals surface area contributed by atoms with E-state index in [2.05, 4.69) is 159 Å². The summed E-state index contributed by atoms with van der Waals surface area (Å²) in [4.78, 5) is 4.94. The number of fused-ring (bicyclic) bond motifs is 1. The van der Waals surface area contributed by atoms with E-state index in [1.165, 1.54) is 33.4 Å². The van der Waals surface area contributed by atoms with Crippen LogP contribution in [0.1, 0.15) is 22.5 Å². The van der Waals surface area contributed by atoms with Crippen molar-refractivity contribution in [3.8, 4) is 22.3 Å². The predicted octanol–water partition coefficient (Wildman–Crippen LogP) is 17.6. The first-order valence-electron chi connectivity index (χ1n) is 17.8. The van der Waals surface area contributed by atoms with Crippen molar-refractivity contribution in [3.05, 3.63) is 163 Å². The fourth-order valence-electron chi connectivity index (χ4n) is 5.27. The molecular formula is C35H31F24N5P4. The van der Waals surface area contributed by atoms with Crippen LogP contribution in [0.2, 0.25) is 0 Å². The van der Waals surface area contributed by atoms with E-state index in [9.17, 15) is 101 Å². The number of nitrogens with zero attached hydrogens (tertiary/aromatic N) is 5. The molecule has 14 rings (SSSR count). The molecule has 33 heteroatoms. The second-order valence-electron chi connectivity index (χ2n) is 14.3. The number of halogens is 24. The Balaban J connectivity index is 0.000000356. The van der Waals surface area contributed by atoms with Crippen LogP contribution in [0.25, 0.3) is 22.3 Å². The van der Waals surface area contributed by atoms with Crippen molar-refractivity contribution in [3.63, 3.8) is 0 Å². The second kappa shape index (κ2) is 16.3. The van der Waals surface area contributed by atoms with Crippen molar-refractivity contribution in [2.75, 3.05) is 0 Å². The third-order valence-corrected chi connectivity index (χ3v) is 7.54. The Kier molecular flexibility index (Phi) is 13.7. The van der Waals surface area contributed by atoms with E-state index in [1.807, 2.05) is 0 Å². The van der Waals surface area contributed by atoms with Crippen LogP contribution in [-0.4, -0.2) is 4.98 Å². The molecule has 0 aliphatic carbocycles. The minimum Gasteiger partial charge on any atom is -0.244 e. The number of benzene rings is 1. The number of aromatic nitrogens is 5. The maximum Gasteiger partial charge on any atom is 0.190 e. The van der Waals surface area contributed by atoms with Gasteiger partial charge < -0.3 is 0 Å². The van der Waals surface area contributed by atoms with Crippen molar-refractivity contribution in [2.24, 2.45) is 0 Å². The average Bonchev–Trinajstić information content (AvgIpc) is 3.09. The summed E-state index contributed by atoms with van der Waals surface area (Å²) in [7, 11) is -42.6.